The summed E-state index contributed by atoms with van der Waals surface area (Å²) in [6.45, 7) is 1.50. The van der Waals surface area contributed by atoms with Crippen molar-refractivity contribution in [3.8, 4) is 0 Å². The molecule has 68 valence electrons. The third-order valence-corrected chi connectivity index (χ3v) is 2.15. The van der Waals surface area contributed by atoms with Crippen LogP contribution >= 0.6 is 0 Å². The largest absolute Gasteiger partial charge is 0.380 e. The van der Waals surface area contributed by atoms with E-state index in [1.807, 2.05) is 6.07 Å². The Hall–Kier alpha value is -1.42. The smallest absolute Gasteiger partial charge is 0.257 e. The van der Waals surface area contributed by atoms with E-state index in [1.54, 1.807) is 12.3 Å². The van der Waals surface area contributed by atoms with Crippen molar-refractivity contribution in [2.45, 2.75) is 18.9 Å². The average Bonchev–Trinajstić information content (AvgIpc) is 2.06. The second-order valence-electron chi connectivity index (χ2n) is 3.42. The van der Waals surface area contributed by atoms with E-state index in [9.17, 15) is 9.90 Å². The Morgan fingerprint density at radius 3 is 3.23 bits per heavy atom. The lowest BCUT2D eigenvalue weighted by molar-refractivity contribution is -0.132. The molecule has 0 fully saturated rings. The number of hydrogen-bond donors (Lipinski definition) is 2. The van der Waals surface area contributed by atoms with Gasteiger partial charge in [-0.05, 0) is 18.6 Å². The molecule has 0 saturated heterocycles. The first-order chi connectivity index (χ1) is 6.09. The summed E-state index contributed by atoms with van der Waals surface area (Å²) in [4.78, 5) is 15.3. The van der Waals surface area contributed by atoms with Gasteiger partial charge >= 0.3 is 0 Å². The highest BCUT2D eigenvalue weighted by Gasteiger charge is 2.35. The van der Waals surface area contributed by atoms with Gasteiger partial charge in [0.1, 0.15) is 11.4 Å². The van der Waals surface area contributed by atoms with E-state index < -0.39 is 11.5 Å². The van der Waals surface area contributed by atoms with Crippen molar-refractivity contribution in [1.29, 1.82) is 0 Å². The fraction of sp³-hybridized carbons (Fsp3) is 0.333. The van der Waals surface area contributed by atoms with E-state index in [2.05, 4.69) is 10.3 Å². The molecule has 2 rings (SSSR count). The number of pyridine rings is 1. The Labute approximate surface area is 75.6 Å². The summed E-state index contributed by atoms with van der Waals surface area (Å²) in [5.41, 5.74) is -0.442. The Kier molecular flexibility index (Phi) is 1.60. The number of aliphatic hydroxyl groups is 1. The third-order valence-electron chi connectivity index (χ3n) is 2.15. The van der Waals surface area contributed by atoms with E-state index in [0.717, 1.165) is 5.56 Å². The zero-order valence-corrected chi connectivity index (χ0v) is 7.24. The van der Waals surface area contributed by atoms with Crippen molar-refractivity contribution in [3.05, 3.63) is 23.9 Å². The lowest BCUT2D eigenvalue weighted by atomic mass is 9.93. The summed E-state index contributed by atoms with van der Waals surface area (Å²) >= 11 is 0. The second kappa shape index (κ2) is 2.53. The minimum Gasteiger partial charge on any atom is -0.380 e. The van der Waals surface area contributed by atoms with Gasteiger partial charge in [-0.25, -0.2) is 4.98 Å². The molecule has 1 unspecified atom stereocenters. The first kappa shape index (κ1) is 8.19. The molecule has 1 amide bonds. The molecule has 0 bridgehead atoms. The van der Waals surface area contributed by atoms with E-state index in [1.165, 1.54) is 6.92 Å². The van der Waals surface area contributed by atoms with E-state index in [4.69, 9.17) is 0 Å². The van der Waals surface area contributed by atoms with Crippen molar-refractivity contribution < 1.29 is 9.90 Å². The Morgan fingerprint density at radius 2 is 2.46 bits per heavy atom. The van der Waals surface area contributed by atoms with Crippen LogP contribution in [0.5, 0.6) is 0 Å². The summed E-state index contributed by atoms with van der Waals surface area (Å²) in [5.74, 6) is 0.165. The molecule has 0 saturated carbocycles. The molecule has 13 heavy (non-hydrogen) atoms. The maximum Gasteiger partial charge on any atom is 0.257 e. The van der Waals surface area contributed by atoms with Gasteiger partial charge in [0.2, 0.25) is 0 Å². The highest BCUT2D eigenvalue weighted by atomic mass is 16.3. The van der Waals surface area contributed by atoms with Gasteiger partial charge in [0, 0.05) is 12.6 Å². The van der Waals surface area contributed by atoms with Crippen LogP contribution in [0.3, 0.4) is 0 Å². The summed E-state index contributed by atoms with van der Waals surface area (Å²) < 4.78 is 0. The molecule has 2 N–H and O–H groups in total. The van der Waals surface area contributed by atoms with E-state index >= 15 is 0 Å². The molecule has 2 heterocycles. The maximum absolute atomic E-state index is 11.3. The second-order valence-corrected chi connectivity index (χ2v) is 3.42. The van der Waals surface area contributed by atoms with Gasteiger partial charge in [-0.1, -0.05) is 6.07 Å². The van der Waals surface area contributed by atoms with Crippen molar-refractivity contribution in [2.24, 2.45) is 0 Å². The monoisotopic (exact) mass is 178 g/mol. The minimum atomic E-state index is -1.31. The molecule has 1 aliphatic rings. The van der Waals surface area contributed by atoms with Gasteiger partial charge < -0.3 is 10.4 Å². The van der Waals surface area contributed by atoms with Crippen LogP contribution in [0.2, 0.25) is 0 Å². The Balaban J connectivity index is 2.44. The van der Waals surface area contributed by atoms with Gasteiger partial charge in [-0.15, -0.1) is 0 Å². The number of carbonyl (C=O) groups is 1. The number of aromatic nitrogens is 1. The summed E-state index contributed by atoms with van der Waals surface area (Å²) in [7, 11) is 0. The zero-order chi connectivity index (χ0) is 9.47. The number of anilines is 1. The average molecular weight is 178 g/mol. The molecule has 1 aromatic rings. The summed E-state index contributed by atoms with van der Waals surface area (Å²) in [6, 6.07) is 3.63. The Morgan fingerprint density at radius 1 is 1.69 bits per heavy atom. The molecule has 1 aromatic heterocycles. The molecular formula is C9H10N2O2. The normalized spacial score (nSPS) is 26.5. The predicted octanol–water partition coefficient (Wildman–Crippen LogP) is 0.327. The number of amides is 1. The Bertz CT molecular complexity index is 360. The van der Waals surface area contributed by atoms with Crippen LogP contribution < -0.4 is 5.32 Å². The van der Waals surface area contributed by atoms with Crippen molar-refractivity contribution in [1.82, 2.24) is 4.98 Å². The fourth-order valence-electron chi connectivity index (χ4n) is 1.39. The highest BCUT2D eigenvalue weighted by Crippen LogP contribution is 2.25. The lowest BCUT2D eigenvalue weighted by Gasteiger charge is -2.28. The van der Waals surface area contributed by atoms with Gasteiger partial charge in [0.05, 0.1) is 0 Å². The number of carbonyl (C=O) groups excluding carboxylic acids is 1. The van der Waals surface area contributed by atoms with Gasteiger partial charge in [-0.2, -0.15) is 0 Å². The topological polar surface area (TPSA) is 62.2 Å². The maximum atomic E-state index is 11.3. The molecule has 0 spiro atoms. The molecular weight excluding hydrogens is 168 g/mol. The first-order valence-corrected chi connectivity index (χ1v) is 4.07. The molecule has 1 aliphatic heterocycles. The number of hydrogen-bond acceptors (Lipinski definition) is 3. The van der Waals surface area contributed by atoms with Crippen LogP contribution in [0.1, 0.15) is 12.5 Å². The zero-order valence-electron chi connectivity index (χ0n) is 7.24. The number of fused-ring (bicyclic) bond motifs is 1. The van der Waals surface area contributed by atoms with Crippen molar-refractivity contribution in [3.63, 3.8) is 0 Å². The quantitative estimate of drug-likeness (QED) is 0.601. The number of rotatable bonds is 0. The first-order valence-electron chi connectivity index (χ1n) is 4.07. The van der Waals surface area contributed by atoms with Crippen LogP contribution in [0.25, 0.3) is 0 Å². The van der Waals surface area contributed by atoms with Crippen LogP contribution in [0.15, 0.2) is 18.3 Å². The predicted molar refractivity (Wildman–Crippen MR) is 47.2 cm³/mol. The molecule has 0 aliphatic carbocycles. The third kappa shape index (κ3) is 1.29. The van der Waals surface area contributed by atoms with Gasteiger partial charge in [-0.3, -0.25) is 4.79 Å². The van der Waals surface area contributed by atoms with Crippen molar-refractivity contribution >= 4 is 11.7 Å². The number of nitrogens with zero attached hydrogens (tertiary/aromatic N) is 1. The SMILES string of the molecule is CC1(O)Cc2cccnc2NC1=O. The van der Waals surface area contributed by atoms with Crippen molar-refractivity contribution in [2.75, 3.05) is 5.32 Å². The standard InChI is InChI=1S/C9H10N2O2/c1-9(13)5-6-3-2-4-10-7(6)11-8(9)12/h2-4,13H,5H2,1H3,(H,10,11,12). The van der Waals surface area contributed by atoms with E-state index in [0.29, 0.717) is 12.2 Å². The molecule has 1 atom stereocenters. The fourth-order valence-corrected chi connectivity index (χ4v) is 1.39. The number of nitrogens with one attached hydrogen (secondary N) is 1. The van der Waals surface area contributed by atoms with Gasteiger partial charge in [0.25, 0.3) is 5.91 Å². The minimum absolute atomic E-state index is 0.321. The van der Waals surface area contributed by atoms with Crippen LogP contribution in [0.4, 0.5) is 5.82 Å². The summed E-state index contributed by atoms with van der Waals surface area (Å²) in [6.07, 6.45) is 1.93. The van der Waals surface area contributed by atoms with Gasteiger partial charge in [0.15, 0.2) is 0 Å². The molecule has 0 radical (unpaired) electrons. The molecule has 4 heteroatoms. The van der Waals surface area contributed by atoms with Crippen LogP contribution in [0, 0.1) is 0 Å². The highest BCUT2D eigenvalue weighted by molar-refractivity contribution is 5.98. The molecule has 0 aromatic carbocycles. The van der Waals surface area contributed by atoms with Crippen LogP contribution in [-0.4, -0.2) is 21.6 Å². The van der Waals surface area contributed by atoms with Crippen LogP contribution in [-0.2, 0) is 11.2 Å². The summed E-state index contributed by atoms with van der Waals surface area (Å²) in [5, 5.41) is 12.2. The lowest BCUT2D eigenvalue weighted by Crippen LogP contribution is -2.45. The molecule has 4 nitrogen and oxygen atoms in total. The van der Waals surface area contributed by atoms with E-state index in [-0.39, 0.29) is 0 Å².